The molecule has 0 bridgehead atoms. The van der Waals surface area contributed by atoms with Gasteiger partial charge in [-0.3, -0.25) is 9.69 Å². The molecule has 1 saturated heterocycles. The largest absolute Gasteiger partial charge is 0.366 e. The maximum absolute atomic E-state index is 12.8. The van der Waals surface area contributed by atoms with Gasteiger partial charge in [0.15, 0.2) is 5.72 Å². The van der Waals surface area contributed by atoms with E-state index in [9.17, 15) is 15.2 Å². The van der Waals surface area contributed by atoms with Crippen LogP contribution in [0.15, 0.2) is 58.4 Å². The molecule has 6 heteroatoms. The molecule has 24 heavy (non-hydrogen) atoms. The van der Waals surface area contributed by atoms with Gasteiger partial charge >= 0.3 is 0 Å². The number of nitrogens with zero attached hydrogens (tertiary/aromatic N) is 2. The monoisotopic (exact) mass is 354 g/mol. The van der Waals surface area contributed by atoms with E-state index >= 15 is 0 Å². The second kappa shape index (κ2) is 5.78. The summed E-state index contributed by atoms with van der Waals surface area (Å²) in [4.78, 5) is 15.3. The van der Waals surface area contributed by atoms with Crippen LogP contribution < -0.4 is 0 Å². The van der Waals surface area contributed by atoms with Crippen molar-refractivity contribution in [2.45, 2.75) is 18.1 Å². The van der Waals surface area contributed by atoms with Crippen LogP contribution in [0.25, 0.3) is 0 Å². The van der Waals surface area contributed by atoms with Crippen LogP contribution in [0.2, 0.25) is 0 Å². The highest BCUT2D eigenvalue weighted by Crippen LogP contribution is 2.52. The molecule has 2 aromatic rings. The summed E-state index contributed by atoms with van der Waals surface area (Å²) in [5.41, 5.74) is -0.137. The molecule has 0 radical (unpaired) electrons. The highest BCUT2D eigenvalue weighted by Gasteiger charge is 2.51. The van der Waals surface area contributed by atoms with Crippen LogP contribution in [-0.4, -0.2) is 21.7 Å². The lowest BCUT2D eigenvalue weighted by molar-refractivity contribution is -0.149. The molecular weight excluding hydrogens is 340 g/mol. The fraction of sp³-hybridized carbons (Fsp3) is 0.222. The van der Waals surface area contributed by atoms with Crippen molar-refractivity contribution in [3.63, 3.8) is 0 Å². The number of hydrogen-bond acceptors (Lipinski definition) is 5. The van der Waals surface area contributed by atoms with E-state index in [0.29, 0.717) is 21.9 Å². The number of fused-ring (bicyclic) bond motifs is 1. The van der Waals surface area contributed by atoms with E-state index in [1.165, 1.54) is 16.7 Å². The minimum atomic E-state index is -1.39. The van der Waals surface area contributed by atoms with Crippen molar-refractivity contribution in [2.24, 2.45) is 0 Å². The quantitative estimate of drug-likeness (QED) is 0.898. The zero-order valence-corrected chi connectivity index (χ0v) is 14.3. The number of carbonyl (C=O) groups is 1. The second-order valence-electron chi connectivity index (χ2n) is 5.80. The molecule has 2 atom stereocenters. The van der Waals surface area contributed by atoms with Gasteiger partial charge in [0.2, 0.25) is 5.91 Å². The number of carbonyl (C=O) groups excluding carboxylic acids is 1. The summed E-state index contributed by atoms with van der Waals surface area (Å²) < 4.78 is 0. The standard InChI is InChI=1S/C18H14N2O2S2/c19-10-14-13(15-7-4-8-23-15)9-16(21)20-17(14)24-11-18(20,22)12-5-2-1-3-6-12/h1-8,13,22H,9,11H2/t13-,18-/m0/s1. The summed E-state index contributed by atoms with van der Waals surface area (Å²) in [7, 11) is 0. The summed E-state index contributed by atoms with van der Waals surface area (Å²) in [6.07, 6.45) is 0.211. The minimum absolute atomic E-state index is 0.140. The summed E-state index contributed by atoms with van der Waals surface area (Å²) in [6.45, 7) is 0. The third-order valence-corrected chi connectivity index (χ3v) is 6.64. The van der Waals surface area contributed by atoms with E-state index in [-0.39, 0.29) is 18.2 Å². The average molecular weight is 354 g/mol. The van der Waals surface area contributed by atoms with Gasteiger partial charge in [-0.05, 0) is 11.4 Å². The van der Waals surface area contributed by atoms with Crippen LogP contribution >= 0.6 is 23.1 Å². The van der Waals surface area contributed by atoms with E-state index in [1.807, 2.05) is 47.8 Å². The number of nitriles is 1. The van der Waals surface area contributed by atoms with Crippen LogP contribution in [-0.2, 0) is 10.5 Å². The van der Waals surface area contributed by atoms with Crippen LogP contribution in [0.5, 0.6) is 0 Å². The predicted octanol–water partition coefficient (Wildman–Crippen LogP) is 3.39. The van der Waals surface area contributed by atoms with Crippen molar-refractivity contribution < 1.29 is 9.90 Å². The van der Waals surface area contributed by atoms with Gasteiger partial charge in [-0.2, -0.15) is 5.26 Å². The summed E-state index contributed by atoms with van der Waals surface area (Å²) in [5, 5.41) is 23.4. The number of aliphatic hydroxyl groups is 1. The molecule has 0 saturated carbocycles. The Hall–Kier alpha value is -2.07. The second-order valence-corrected chi connectivity index (χ2v) is 7.75. The van der Waals surface area contributed by atoms with E-state index in [1.54, 1.807) is 11.3 Å². The molecule has 1 aromatic carbocycles. The predicted molar refractivity (Wildman–Crippen MR) is 94.0 cm³/mol. The van der Waals surface area contributed by atoms with Gasteiger partial charge in [0.05, 0.1) is 22.4 Å². The van der Waals surface area contributed by atoms with E-state index in [2.05, 4.69) is 6.07 Å². The summed E-state index contributed by atoms with van der Waals surface area (Å²) >= 11 is 2.94. The van der Waals surface area contributed by atoms with E-state index in [0.717, 1.165) is 4.88 Å². The summed E-state index contributed by atoms with van der Waals surface area (Å²) in [5.74, 6) is -0.0152. The lowest BCUT2D eigenvalue weighted by atomic mass is 9.90. The Balaban J connectivity index is 1.83. The Morgan fingerprint density at radius 1 is 1.25 bits per heavy atom. The molecule has 0 unspecified atom stereocenters. The molecule has 1 aromatic heterocycles. The lowest BCUT2D eigenvalue weighted by Gasteiger charge is -2.37. The van der Waals surface area contributed by atoms with Crippen molar-refractivity contribution in [3.05, 3.63) is 68.9 Å². The molecular formula is C18H14N2O2S2. The van der Waals surface area contributed by atoms with Gasteiger partial charge in [-0.25, -0.2) is 0 Å². The van der Waals surface area contributed by atoms with Crippen LogP contribution in [0.1, 0.15) is 22.8 Å². The fourth-order valence-electron chi connectivity index (χ4n) is 3.28. The van der Waals surface area contributed by atoms with Crippen LogP contribution in [0.3, 0.4) is 0 Å². The minimum Gasteiger partial charge on any atom is -0.366 e. The highest BCUT2D eigenvalue weighted by molar-refractivity contribution is 8.03. The van der Waals surface area contributed by atoms with Gasteiger partial charge in [-0.1, -0.05) is 36.4 Å². The molecule has 4 nitrogen and oxygen atoms in total. The van der Waals surface area contributed by atoms with E-state index < -0.39 is 5.72 Å². The molecule has 2 aliphatic heterocycles. The van der Waals surface area contributed by atoms with Crippen LogP contribution in [0, 0.1) is 11.3 Å². The van der Waals surface area contributed by atoms with Gasteiger partial charge in [0.25, 0.3) is 0 Å². The first-order chi connectivity index (χ1) is 11.6. The summed E-state index contributed by atoms with van der Waals surface area (Å²) in [6, 6.07) is 15.4. The number of hydrogen-bond donors (Lipinski definition) is 1. The SMILES string of the molecule is N#CC1=C2SC[C@](O)(c3ccccc3)N2C(=O)C[C@@H]1c1cccs1. The molecule has 0 spiro atoms. The molecule has 1 amide bonds. The topological polar surface area (TPSA) is 64.3 Å². The normalized spacial score (nSPS) is 26.4. The third kappa shape index (κ3) is 2.20. The fourth-order valence-corrected chi connectivity index (χ4v) is 5.47. The van der Waals surface area contributed by atoms with Crippen LogP contribution in [0.4, 0.5) is 0 Å². The average Bonchev–Trinajstić information content (AvgIpc) is 3.25. The molecule has 1 fully saturated rings. The lowest BCUT2D eigenvalue weighted by Crippen LogP contribution is -2.48. The van der Waals surface area contributed by atoms with E-state index in [4.69, 9.17) is 0 Å². The Bertz CT molecular complexity index is 855. The Labute approximate surface area is 148 Å². The zero-order chi connectivity index (χ0) is 16.7. The maximum Gasteiger partial charge on any atom is 0.231 e. The zero-order valence-electron chi connectivity index (χ0n) is 12.7. The number of rotatable bonds is 2. The number of thiophene rings is 1. The molecule has 1 N–H and O–H groups in total. The molecule has 3 heterocycles. The maximum atomic E-state index is 12.8. The van der Waals surface area contributed by atoms with Crippen molar-refractivity contribution >= 4 is 29.0 Å². The van der Waals surface area contributed by atoms with Gasteiger partial charge in [0.1, 0.15) is 0 Å². The number of thioether (sulfide) groups is 1. The highest BCUT2D eigenvalue weighted by atomic mass is 32.2. The molecule has 4 rings (SSSR count). The van der Waals surface area contributed by atoms with Gasteiger partial charge < -0.3 is 5.11 Å². The van der Waals surface area contributed by atoms with Crippen molar-refractivity contribution in [1.82, 2.24) is 4.90 Å². The van der Waals surface area contributed by atoms with Gasteiger partial charge in [-0.15, -0.1) is 23.1 Å². The number of amides is 1. The Morgan fingerprint density at radius 2 is 2.04 bits per heavy atom. The molecule has 120 valence electrons. The first-order valence-electron chi connectivity index (χ1n) is 7.56. The molecule has 2 aliphatic rings. The Kier molecular flexibility index (Phi) is 3.72. The van der Waals surface area contributed by atoms with Crippen molar-refractivity contribution in [2.75, 3.05) is 5.75 Å². The van der Waals surface area contributed by atoms with Crippen molar-refractivity contribution in [1.29, 1.82) is 5.26 Å². The number of allylic oxidation sites excluding steroid dienone is 1. The van der Waals surface area contributed by atoms with Crippen molar-refractivity contribution in [3.8, 4) is 6.07 Å². The third-order valence-electron chi connectivity index (χ3n) is 4.43. The van der Waals surface area contributed by atoms with Gasteiger partial charge in [0, 0.05) is 22.8 Å². The molecule has 0 aliphatic carbocycles. The first-order valence-corrected chi connectivity index (χ1v) is 9.43. The smallest absolute Gasteiger partial charge is 0.231 e. The number of benzene rings is 1. The first kappa shape index (κ1) is 15.5. The Morgan fingerprint density at radius 3 is 2.71 bits per heavy atom.